The molecule has 0 bridgehead atoms. The molecule has 156 valence electrons. The van der Waals surface area contributed by atoms with E-state index in [9.17, 15) is 14.4 Å². The summed E-state index contributed by atoms with van der Waals surface area (Å²) in [4.78, 5) is 41.5. The summed E-state index contributed by atoms with van der Waals surface area (Å²) in [5.74, 6) is -0.295. The Morgan fingerprint density at radius 3 is 2.71 bits per heavy atom. The quantitative estimate of drug-likeness (QED) is 0.501. The average Bonchev–Trinajstić information content (AvgIpc) is 3.57. The van der Waals surface area contributed by atoms with Crippen LogP contribution >= 0.6 is 34.4 Å². The van der Waals surface area contributed by atoms with Crippen molar-refractivity contribution in [2.24, 2.45) is 5.10 Å². The number of hydrazone groups is 1. The fourth-order valence-corrected chi connectivity index (χ4v) is 5.66. The molecule has 3 amide bonds. The molecule has 7 nitrogen and oxygen atoms in total. The summed E-state index contributed by atoms with van der Waals surface area (Å²) in [5.41, 5.74) is 0.775. The van der Waals surface area contributed by atoms with Gasteiger partial charge in [-0.05, 0) is 52.9 Å². The van der Waals surface area contributed by atoms with Gasteiger partial charge >= 0.3 is 0 Å². The predicted octanol–water partition coefficient (Wildman–Crippen LogP) is 4.82. The second-order valence-corrected chi connectivity index (χ2v) is 9.70. The van der Waals surface area contributed by atoms with Crippen LogP contribution in [0.2, 0.25) is 0 Å². The van der Waals surface area contributed by atoms with Crippen LogP contribution < -0.4 is 0 Å². The second-order valence-electron chi connectivity index (χ2n) is 6.78. The van der Waals surface area contributed by atoms with Crippen molar-refractivity contribution in [3.63, 3.8) is 0 Å². The molecule has 3 aromatic rings. The first-order chi connectivity index (χ1) is 15.1. The highest BCUT2D eigenvalue weighted by atomic mass is 32.2. The van der Waals surface area contributed by atoms with Gasteiger partial charge in [-0.15, -0.1) is 22.7 Å². The van der Waals surface area contributed by atoms with Crippen LogP contribution in [0, 0.1) is 0 Å². The van der Waals surface area contributed by atoms with Crippen molar-refractivity contribution in [3.05, 3.63) is 73.8 Å². The minimum absolute atomic E-state index is 0.312. The smallest absolute Gasteiger partial charge is 0.294 e. The van der Waals surface area contributed by atoms with Gasteiger partial charge in [0.15, 0.2) is 0 Å². The molecule has 0 radical (unpaired) electrons. The first-order valence-electron chi connectivity index (χ1n) is 9.36. The molecule has 1 saturated heterocycles. The SMILES string of the molecule is O=C1S/C(=C\c2cccs2)C(=O)N1CC(=O)N1N=C(c2cccs2)CC1c1ccco1. The molecule has 3 aromatic heterocycles. The molecular weight excluding hydrogens is 454 g/mol. The molecule has 1 unspecified atom stereocenters. The predicted molar refractivity (Wildman–Crippen MR) is 121 cm³/mol. The van der Waals surface area contributed by atoms with Crippen LogP contribution in [0.4, 0.5) is 4.79 Å². The van der Waals surface area contributed by atoms with Crippen LogP contribution in [0.3, 0.4) is 0 Å². The number of thiophene rings is 2. The molecule has 31 heavy (non-hydrogen) atoms. The molecule has 0 aromatic carbocycles. The van der Waals surface area contributed by atoms with E-state index in [0.29, 0.717) is 17.1 Å². The van der Waals surface area contributed by atoms with E-state index in [0.717, 1.165) is 32.1 Å². The number of hydrogen-bond donors (Lipinski definition) is 0. The molecule has 1 atom stereocenters. The standard InChI is InChI=1S/C21H15N3O4S3/c25-19(12-23-20(26)18(31-21(23)27)10-13-4-2-8-29-13)24-15(16-5-1-7-28-16)11-14(22-24)17-6-3-9-30-17/h1-10,15H,11-12H2/b18-10-. The van der Waals surface area contributed by atoms with Crippen molar-refractivity contribution in [2.45, 2.75) is 12.5 Å². The summed E-state index contributed by atoms with van der Waals surface area (Å²) in [6.07, 6.45) is 3.72. The Morgan fingerprint density at radius 1 is 1.16 bits per heavy atom. The Kier molecular flexibility index (Phi) is 5.34. The van der Waals surface area contributed by atoms with Crippen molar-refractivity contribution in [1.29, 1.82) is 0 Å². The molecule has 0 saturated carbocycles. The van der Waals surface area contributed by atoms with Gasteiger partial charge in [0.2, 0.25) is 0 Å². The molecule has 5 rings (SSSR count). The Morgan fingerprint density at radius 2 is 2.00 bits per heavy atom. The van der Waals surface area contributed by atoms with Gasteiger partial charge in [-0.1, -0.05) is 12.1 Å². The monoisotopic (exact) mass is 469 g/mol. The van der Waals surface area contributed by atoms with Crippen LogP contribution in [0.15, 0.2) is 67.8 Å². The highest BCUT2D eigenvalue weighted by Crippen LogP contribution is 2.36. The van der Waals surface area contributed by atoms with Crippen LogP contribution in [0.5, 0.6) is 0 Å². The molecule has 1 fully saturated rings. The summed E-state index contributed by atoms with van der Waals surface area (Å²) < 4.78 is 5.53. The summed E-state index contributed by atoms with van der Waals surface area (Å²) in [7, 11) is 0. The van der Waals surface area contributed by atoms with Crippen molar-refractivity contribution in [3.8, 4) is 0 Å². The van der Waals surface area contributed by atoms with Crippen LogP contribution in [-0.4, -0.2) is 39.2 Å². The number of nitrogens with zero attached hydrogens (tertiary/aromatic N) is 3. The Bertz CT molecular complexity index is 1180. The zero-order chi connectivity index (χ0) is 21.4. The summed E-state index contributed by atoms with van der Waals surface area (Å²) in [6, 6.07) is 10.7. The lowest BCUT2D eigenvalue weighted by Gasteiger charge is -2.22. The lowest BCUT2D eigenvalue weighted by molar-refractivity contribution is -0.137. The van der Waals surface area contributed by atoms with Gasteiger partial charge in [-0.3, -0.25) is 19.3 Å². The van der Waals surface area contributed by atoms with E-state index in [2.05, 4.69) is 5.10 Å². The molecule has 0 aliphatic carbocycles. The number of hydrogen-bond acceptors (Lipinski definition) is 8. The zero-order valence-electron chi connectivity index (χ0n) is 16.0. The van der Waals surface area contributed by atoms with E-state index in [1.54, 1.807) is 35.8 Å². The molecular formula is C21H15N3O4S3. The van der Waals surface area contributed by atoms with E-state index < -0.39 is 23.1 Å². The highest BCUT2D eigenvalue weighted by Gasteiger charge is 2.40. The number of amides is 3. The number of carbonyl (C=O) groups excluding carboxylic acids is 3. The number of imide groups is 1. The maximum absolute atomic E-state index is 13.1. The zero-order valence-corrected chi connectivity index (χ0v) is 18.4. The maximum Gasteiger partial charge on any atom is 0.294 e. The van der Waals surface area contributed by atoms with Gasteiger partial charge in [0, 0.05) is 11.3 Å². The summed E-state index contributed by atoms with van der Waals surface area (Å²) in [5, 5.41) is 9.24. The average molecular weight is 470 g/mol. The van der Waals surface area contributed by atoms with E-state index in [-0.39, 0.29) is 6.54 Å². The third kappa shape index (κ3) is 3.89. The van der Waals surface area contributed by atoms with Gasteiger partial charge in [0.25, 0.3) is 17.1 Å². The molecule has 2 aliphatic heterocycles. The fourth-order valence-electron chi connectivity index (χ4n) is 3.38. The minimum Gasteiger partial charge on any atom is -0.467 e. The van der Waals surface area contributed by atoms with Crippen molar-refractivity contribution in [1.82, 2.24) is 9.91 Å². The lowest BCUT2D eigenvalue weighted by atomic mass is 10.1. The van der Waals surface area contributed by atoms with Crippen LogP contribution in [0.1, 0.15) is 28.0 Å². The number of rotatable bonds is 5. The van der Waals surface area contributed by atoms with Crippen molar-refractivity contribution in [2.75, 3.05) is 6.54 Å². The van der Waals surface area contributed by atoms with Crippen molar-refractivity contribution >= 4 is 63.3 Å². The molecule has 0 spiro atoms. The number of thioether (sulfide) groups is 1. The summed E-state index contributed by atoms with van der Waals surface area (Å²) in [6.45, 7) is -0.370. The van der Waals surface area contributed by atoms with Gasteiger partial charge < -0.3 is 4.42 Å². The fraction of sp³-hybridized carbons (Fsp3) is 0.143. The number of furan rings is 1. The Labute approximate surface area is 189 Å². The molecule has 5 heterocycles. The van der Waals surface area contributed by atoms with Crippen LogP contribution in [0.25, 0.3) is 6.08 Å². The maximum atomic E-state index is 13.1. The lowest BCUT2D eigenvalue weighted by Crippen LogP contribution is -2.40. The van der Waals surface area contributed by atoms with Gasteiger partial charge in [-0.2, -0.15) is 5.10 Å². The Balaban J connectivity index is 1.38. The Hall–Kier alpha value is -2.95. The first-order valence-corrected chi connectivity index (χ1v) is 11.9. The van der Waals surface area contributed by atoms with Gasteiger partial charge in [0.05, 0.1) is 21.8 Å². The van der Waals surface area contributed by atoms with E-state index in [1.807, 2.05) is 35.0 Å². The largest absolute Gasteiger partial charge is 0.467 e. The van der Waals surface area contributed by atoms with Crippen LogP contribution in [-0.2, 0) is 9.59 Å². The first kappa shape index (κ1) is 20.0. The topological polar surface area (TPSA) is 83.2 Å². The van der Waals surface area contributed by atoms with E-state index in [4.69, 9.17) is 4.42 Å². The highest BCUT2D eigenvalue weighted by molar-refractivity contribution is 8.18. The molecule has 0 N–H and O–H groups in total. The third-order valence-corrected chi connectivity index (χ3v) is 7.47. The van der Waals surface area contributed by atoms with Gasteiger partial charge in [0.1, 0.15) is 18.3 Å². The molecule has 2 aliphatic rings. The van der Waals surface area contributed by atoms with Crippen molar-refractivity contribution < 1.29 is 18.8 Å². The third-order valence-electron chi connectivity index (χ3n) is 4.83. The van der Waals surface area contributed by atoms with E-state index >= 15 is 0 Å². The van der Waals surface area contributed by atoms with Gasteiger partial charge in [-0.25, -0.2) is 5.01 Å². The summed E-state index contributed by atoms with van der Waals surface area (Å²) >= 11 is 3.86. The minimum atomic E-state index is -0.465. The normalized spacial score (nSPS) is 20.2. The number of carbonyl (C=O) groups is 3. The second kappa shape index (κ2) is 8.29. The molecule has 10 heteroatoms. The van der Waals surface area contributed by atoms with E-state index in [1.165, 1.54) is 16.3 Å².